The average molecular weight is 486 g/mol. The number of hydrogen-bond donors (Lipinski definition) is 0. The van der Waals surface area contributed by atoms with Crippen molar-refractivity contribution in [1.29, 1.82) is 0 Å². The Bertz CT molecular complexity index is 1260. The molecule has 31 heavy (non-hydrogen) atoms. The molecule has 0 aliphatic carbocycles. The van der Waals surface area contributed by atoms with Gasteiger partial charge in [0, 0.05) is 14.1 Å². The molecule has 0 atom stereocenters. The number of fused-ring (bicyclic) bond motifs is 1. The minimum absolute atomic E-state index is 0.0661. The van der Waals surface area contributed by atoms with E-state index in [-0.39, 0.29) is 21.4 Å². The van der Waals surface area contributed by atoms with Crippen LogP contribution in [0.3, 0.4) is 0 Å². The first-order chi connectivity index (χ1) is 14.1. The molecule has 10 nitrogen and oxygen atoms in total. The molecule has 0 saturated carbocycles. The molecule has 0 fully saturated rings. The Hall–Kier alpha value is -2.09. The molecule has 13 heteroatoms. The van der Waals surface area contributed by atoms with E-state index in [0.717, 1.165) is 8.99 Å². The van der Waals surface area contributed by atoms with Gasteiger partial charge in [0.25, 0.3) is 26.0 Å². The molecule has 1 aliphatic heterocycles. The second kappa shape index (κ2) is 7.50. The summed E-state index contributed by atoms with van der Waals surface area (Å²) in [5, 5.41) is 8.18. The fourth-order valence-electron chi connectivity index (χ4n) is 3.38. The normalized spacial score (nSPS) is 16.4. The van der Waals surface area contributed by atoms with Crippen molar-refractivity contribution in [3.8, 4) is 0 Å². The maximum absolute atomic E-state index is 13.2. The second-order valence-corrected chi connectivity index (χ2v) is 17.8. The third kappa shape index (κ3) is 3.73. The summed E-state index contributed by atoms with van der Waals surface area (Å²) < 4.78 is 55.1. The summed E-state index contributed by atoms with van der Waals surface area (Å²) in [6.45, 7) is 8.91. The molecule has 3 rings (SSSR count). The van der Waals surface area contributed by atoms with Crippen molar-refractivity contribution in [2.45, 2.75) is 56.0 Å². The van der Waals surface area contributed by atoms with E-state index in [9.17, 15) is 21.6 Å². The van der Waals surface area contributed by atoms with Crippen LogP contribution in [0.15, 0.2) is 28.1 Å². The van der Waals surface area contributed by atoms with Crippen LogP contribution in [-0.4, -0.2) is 68.5 Å². The molecule has 1 aliphatic rings. The highest BCUT2D eigenvalue weighted by molar-refractivity contribution is 7.90. The quantitative estimate of drug-likeness (QED) is 0.559. The van der Waals surface area contributed by atoms with Crippen molar-refractivity contribution in [3.05, 3.63) is 29.3 Å². The minimum Gasteiger partial charge on any atom is -0.268 e. The number of aromatic nitrogens is 3. The Morgan fingerprint density at radius 1 is 1.16 bits per heavy atom. The molecule has 0 unspecified atom stereocenters. The molecular formula is C18H27N5O5S2Si. The number of hydrogen-bond acceptors (Lipinski definition) is 7. The van der Waals surface area contributed by atoms with Crippen molar-refractivity contribution in [2.75, 3.05) is 14.1 Å². The molecule has 0 N–H and O–H groups in total. The third-order valence-corrected chi connectivity index (χ3v) is 10.6. The Labute approximate surface area is 184 Å². The predicted molar refractivity (Wildman–Crippen MR) is 118 cm³/mol. The van der Waals surface area contributed by atoms with Crippen LogP contribution in [0.5, 0.6) is 0 Å². The lowest BCUT2D eigenvalue weighted by Crippen LogP contribution is -2.44. The van der Waals surface area contributed by atoms with Gasteiger partial charge in [0.15, 0.2) is 5.03 Å². The topological polar surface area (TPSA) is 123 Å². The average Bonchev–Trinajstić information content (AvgIpc) is 3.16. The second-order valence-electron chi connectivity index (χ2n) is 8.96. The number of sulfonamides is 2. The van der Waals surface area contributed by atoms with Gasteiger partial charge in [-0.15, -0.1) is 5.10 Å². The highest BCUT2D eigenvalue weighted by atomic mass is 32.2. The Morgan fingerprint density at radius 2 is 1.77 bits per heavy atom. The predicted octanol–water partition coefficient (Wildman–Crippen LogP) is 0.999. The van der Waals surface area contributed by atoms with E-state index in [1.165, 1.54) is 20.2 Å². The lowest BCUT2D eigenvalue weighted by molar-refractivity contribution is 0.0833. The summed E-state index contributed by atoms with van der Waals surface area (Å²) in [4.78, 5) is 13.1. The standard InChI is InChI=1S/C18H27N5O5S2Si/c1-12(2)13-9-8-10-14-15(13)17(24)23(29(14,25)26)11-22-18(30(27,28)21(3)4)16(19-20-22)31(5,6)7/h8-10,12H,11H2,1-7H3. The molecule has 170 valence electrons. The maximum atomic E-state index is 13.2. The summed E-state index contributed by atoms with van der Waals surface area (Å²) in [6, 6.07) is 4.71. The van der Waals surface area contributed by atoms with Crippen molar-refractivity contribution in [1.82, 2.24) is 23.6 Å². The zero-order valence-electron chi connectivity index (χ0n) is 18.6. The number of amides is 1. The Kier molecular flexibility index (Phi) is 5.70. The van der Waals surface area contributed by atoms with Gasteiger partial charge >= 0.3 is 0 Å². The van der Waals surface area contributed by atoms with E-state index in [4.69, 9.17) is 0 Å². The van der Waals surface area contributed by atoms with Crippen molar-refractivity contribution in [3.63, 3.8) is 0 Å². The van der Waals surface area contributed by atoms with E-state index in [1.54, 1.807) is 12.1 Å². The van der Waals surface area contributed by atoms with E-state index in [0.29, 0.717) is 15.2 Å². The fourth-order valence-corrected chi connectivity index (χ4v) is 8.32. The fraction of sp³-hybridized carbons (Fsp3) is 0.500. The first-order valence-electron chi connectivity index (χ1n) is 9.68. The number of benzene rings is 1. The lowest BCUT2D eigenvalue weighted by Gasteiger charge is -2.20. The van der Waals surface area contributed by atoms with Gasteiger partial charge in [-0.25, -0.2) is 30.1 Å². The van der Waals surface area contributed by atoms with Crippen LogP contribution >= 0.6 is 0 Å². The number of carbonyl (C=O) groups is 1. The molecule has 0 spiro atoms. The van der Waals surface area contributed by atoms with Crippen LogP contribution in [0.25, 0.3) is 0 Å². The summed E-state index contributed by atoms with van der Waals surface area (Å²) in [6.07, 6.45) is 0. The van der Waals surface area contributed by atoms with Crippen LogP contribution in [0, 0.1) is 0 Å². The summed E-state index contributed by atoms with van der Waals surface area (Å²) in [5.74, 6) is -0.763. The molecule has 1 aromatic heterocycles. The van der Waals surface area contributed by atoms with E-state index >= 15 is 0 Å². The largest absolute Gasteiger partial charge is 0.270 e. The molecule has 0 radical (unpaired) electrons. The van der Waals surface area contributed by atoms with Crippen molar-refractivity contribution in [2.24, 2.45) is 0 Å². The summed E-state index contributed by atoms with van der Waals surface area (Å²) in [5.41, 5.74) is 0.746. The smallest absolute Gasteiger partial charge is 0.268 e. The first-order valence-corrected chi connectivity index (χ1v) is 16.1. The molecule has 2 aromatic rings. The van der Waals surface area contributed by atoms with E-state index in [1.807, 2.05) is 33.5 Å². The van der Waals surface area contributed by atoms with Gasteiger partial charge < -0.3 is 0 Å². The molecule has 2 heterocycles. The van der Waals surface area contributed by atoms with Crippen LogP contribution in [0.4, 0.5) is 0 Å². The lowest BCUT2D eigenvalue weighted by atomic mass is 9.97. The maximum Gasteiger partial charge on any atom is 0.270 e. The highest BCUT2D eigenvalue weighted by Gasteiger charge is 2.44. The minimum atomic E-state index is -4.16. The molecule has 0 saturated heterocycles. The zero-order valence-corrected chi connectivity index (χ0v) is 21.2. The molecule has 1 amide bonds. The Balaban J connectivity index is 2.18. The van der Waals surface area contributed by atoms with Crippen LogP contribution in [-0.2, 0) is 26.7 Å². The first kappa shape index (κ1) is 23.6. The van der Waals surface area contributed by atoms with Gasteiger partial charge in [-0.05, 0) is 17.5 Å². The van der Waals surface area contributed by atoms with E-state index < -0.39 is 40.7 Å². The van der Waals surface area contributed by atoms with Gasteiger partial charge in [-0.3, -0.25) is 4.79 Å². The molecule has 0 bridgehead atoms. The summed E-state index contributed by atoms with van der Waals surface area (Å²) >= 11 is 0. The van der Waals surface area contributed by atoms with Crippen LogP contribution in [0.1, 0.15) is 35.7 Å². The van der Waals surface area contributed by atoms with Crippen LogP contribution < -0.4 is 5.32 Å². The third-order valence-electron chi connectivity index (χ3n) is 5.08. The Morgan fingerprint density at radius 3 is 2.29 bits per heavy atom. The molecule has 1 aromatic carbocycles. The van der Waals surface area contributed by atoms with Gasteiger partial charge in [-0.1, -0.05) is 50.8 Å². The summed E-state index contributed by atoms with van der Waals surface area (Å²) in [7, 11) is -7.66. The van der Waals surface area contributed by atoms with E-state index in [2.05, 4.69) is 10.3 Å². The number of rotatable bonds is 6. The SMILES string of the molecule is CC(C)c1cccc2c1C(=O)N(Cn1nnc([Si](C)(C)C)c1S(=O)(=O)N(C)C)S2(=O)=O. The van der Waals surface area contributed by atoms with Crippen molar-refractivity contribution >= 4 is 39.3 Å². The monoisotopic (exact) mass is 485 g/mol. The highest BCUT2D eigenvalue weighted by Crippen LogP contribution is 2.35. The van der Waals surface area contributed by atoms with Crippen LogP contribution in [0.2, 0.25) is 19.6 Å². The van der Waals surface area contributed by atoms with Gasteiger partial charge in [0.1, 0.15) is 19.6 Å². The number of carbonyl (C=O) groups excluding carboxylic acids is 1. The van der Waals surface area contributed by atoms with Gasteiger partial charge in [-0.2, -0.15) is 0 Å². The zero-order chi connectivity index (χ0) is 23.5. The van der Waals surface area contributed by atoms with Gasteiger partial charge in [0.05, 0.1) is 10.9 Å². The molecular weight excluding hydrogens is 458 g/mol. The van der Waals surface area contributed by atoms with Gasteiger partial charge in [0.2, 0.25) is 0 Å². The number of nitrogens with zero attached hydrogens (tertiary/aromatic N) is 5. The van der Waals surface area contributed by atoms with Crippen molar-refractivity contribution < 1.29 is 21.6 Å².